The molecule has 1 unspecified atom stereocenters. The Morgan fingerprint density at radius 1 is 1.12 bits per heavy atom. The van der Waals surface area contributed by atoms with Crippen molar-refractivity contribution >= 4 is 17.5 Å². The van der Waals surface area contributed by atoms with Crippen LogP contribution < -0.4 is 15.4 Å². The lowest BCUT2D eigenvalue weighted by molar-refractivity contribution is 0.288. The number of likely N-dealkylation sites (N-methyl/N-ethyl adjacent to an activating group) is 1. The van der Waals surface area contributed by atoms with Crippen LogP contribution in [-0.4, -0.2) is 68.1 Å². The molecule has 0 aromatic heterocycles. The van der Waals surface area contributed by atoms with E-state index in [9.17, 15) is 0 Å². The fourth-order valence-corrected chi connectivity index (χ4v) is 4.22. The van der Waals surface area contributed by atoms with Crippen molar-refractivity contribution in [2.45, 2.75) is 32.5 Å². The average Bonchev–Trinajstić information content (AvgIpc) is 3.23. The maximum atomic E-state index is 6.06. The number of aliphatic imine (C=N–C) groups is 2. The number of nitrogens with zero attached hydrogens (tertiary/aromatic N) is 4. The van der Waals surface area contributed by atoms with Crippen molar-refractivity contribution in [1.82, 2.24) is 15.1 Å². The van der Waals surface area contributed by atoms with Gasteiger partial charge in [-0.1, -0.05) is 85.5 Å². The van der Waals surface area contributed by atoms with Crippen LogP contribution in [0.1, 0.15) is 25.3 Å². The molecule has 1 atom stereocenters. The van der Waals surface area contributed by atoms with Crippen molar-refractivity contribution in [3.8, 4) is 17.6 Å². The topological polar surface area (TPSA) is 64.5 Å². The van der Waals surface area contributed by atoms with E-state index in [2.05, 4.69) is 88.9 Å². The molecule has 1 aliphatic carbocycles. The number of guanidine groups is 1. The van der Waals surface area contributed by atoms with Crippen LogP contribution in [0.3, 0.4) is 0 Å². The summed E-state index contributed by atoms with van der Waals surface area (Å²) >= 11 is 0. The Labute approximate surface area is 239 Å². The molecule has 0 bridgehead atoms. The molecule has 2 aromatic carbocycles. The highest BCUT2D eigenvalue weighted by atomic mass is 16.5. The number of amidine groups is 1. The third-order valence-electron chi connectivity index (χ3n) is 6.49. The molecule has 0 saturated heterocycles. The lowest BCUT2D eigenvalue weighted by Crippen LogP contribution is -2.44. The van der Waals surface area contributed by atoms with E-state index in [1.54, 1.807) is 0 Å². The molecule has 7 heteroatoms. The van der Waals surface area contributed by atoms with Crippen molar-refractivity contribution in [3.63, 3.8) is 0 Å². The van der Waals surface area contributed by atoms with E-state index in [0.717, 1.165) is 48.9 Å². The van der Waals surface area contributed by atoms with Gasteiger partial charge in [-0.05, 0) is 50.3 Å². The first-order chi connectivity index (χ1) is 19.6. The van der Waals surface area contributed by atoms with E-state index >= 15 is 0 Å². The molecule has 208 valence electrons. The van der Waals surface area contributed by atoms with E-state index in [1.165, 1.54) is 5.56 Å². The van der Waals surface area contributed by atoms with Crippen LogP contribution in [-0.2, 0) is 6.54 Å². The molecule has 0 amide bonds. The number of rotatable bonds is 11. The number of benzene rings is 2. The minimum absolute atomic E-state index is 0.157. The molecule has 0 fully saturated rings. The molecular formula is C33H40N6O. The normalized spacial score (nSPS) is 19.0. The summed E-state index contributed by atoms with van der Waals surface area (Å²) in [5, 5.41) is 6.84. The summed E-state index contributed by atoms with van der Waals surface area (Å²) in [6, 6.07) is 18.5. The van der Waals surface area contributed by atoms with Crippen molar-refractivity contribution in [2.75, 3.05) is 45.7 Å². The van der Waals surface area contributed by atoms with Crippen LogP contribution in [0.25, 0.3) is 0 Å². The van der Waals surface area contributed by atoms with Gasteiger partial charge in [-0.3, -0.25) is 9.80 Å². The Bertz CT molecular complexity index is 1310. The van der Waals surface area contributed by atoms with Crippen LogP contribution in [0.2, 0.25) is 0 Å². The largest absolute Gasteiger partial charge is 0.489 e. The molecule has 4 rings (SSSR count). The standard InChI is InChI=1S/C33H40N6O/c1-4-39(25-27-14-10-7-11-15-27)23-22-34-33-36-31(20-13-21-32(37-33)38(2)3)35-29-18-12-19-30(24-29)40-26-28-16-8-5-6-9-17-28/h5-8,10-12,14-19,24,32H,4,9,20,22-23,25-26H2,1-3H3,(H2,34,35,36,37). The number of nitrogens with one attached hydrogen (secondary N) is 2. The molecule has 1 aliphatic heterocycles. The van der Waals surface area contributed by atoms with E-state index in [-0.39, 0.29) is 6.17 Å². The average molecular weight is 537 g/mol. The smallest absolute Gasteiger partial charge is 0.221 e. The molecule has 1 heterocycles. The van der Waals surface area contributed by atoms with Crippen molar-refractivity contribution in [2.24, 2.45) is 9.98 Å². The van der Waals surface area contributed by atoms with Gasteiger partial charge in [0.05, 0.1) is 13.0 Å². The van der Waals surface area contributed by atoms with E-state index in [0.29, 0.717) is 25.5 Å². The predicted molar refractivity (Wildman–Crippen MR) is 167 cm³/mol. The lowest BCUT2D eigenvalue weighted by Gasteiger charge is -2.23. The zero-order valence-electron chi connectivity index (χ0n) is 23.8. The monoisotopic (exact) mass is 536 g/mol. The second kappa shape index (κ2) is 15.5. The van der Waals surface area contributed by atoms with E-state index in [4.69, 9.17) is 14.7 Å². The van der Waals surface area contributed by atoms with Gasteiger partial charge in [-0.2, -0.15) is 4.99 Å². The molecule has 0 radical (unpaired) electrons. The predicted octanol–water partition coefficient (Wildman–Crippen LogP) is 5.08. The van der Waals surface area contributed by atoms with Crippen molar-refractivity contribution < 1.29 is 4.74 Å². The Kier molecular flexibility index (Phi) is 11.2. The summed E-state index contributed by atoms with van der Waals surface area (Å²) in [4.78, 5) is 14.1. The second-order valence-corrected chi connectivity index (χ2v) is 9.87. The van der Waals surface area contributed by atoms with Crippen LogP contribution in [0.4, 0.5) is 5.69 Å². The minimum Gasteiger partial charge on any atom is -0.489 e. The van der Waals surface area contributed by atoms with E-state index < -0.39 is 0 Å². The molecular weight excluding hydrogens is 496 g/mol. The Hall–Kier alpha value is -4.12. The van der Waals surface area contributed by atoms with Gasteiger partial charge in [0.2, 0.25) is 5.96 Å². The fourth-order valence-electron chi connectivity index (χ4n) is 4.22. The zero-order chi connectivity index (χ0) is 28.0. The van der Waals surface area contributed by atoms with Crippen LogP contribution in [0.15, 0.2) is 101 Å². The first-order valence-corrected chi connectivity index (χ1v) is 13.9. The molecule has 2 aromatic rings. The number of ether oxygens (including phenoxy) is 1. The van der Waals surface area contributed by atoms with Gasteiger partial charge in [0.1, 0.15) is 24.4 Å². The molecule has 7 nitrogen and oxygen atoms in total. The molecule has 40 heavy (non-hydrogen) atoms. The summed E-state index contributed by atoms with van der Waals surface area (Å²) in [6.45, 7) is 6.05. The summed E-state index contributed by atoms with van der Waals surface area (Å²) < 4.78 is 6.06. The van der Waals surface area contributed by atoms with Crippen LogP contribution in [0, 0.1) is 11.8 Å². The third kappa shape index (κ3) is 9.57. The molecule has 0 spiro atoms. The number of hydrogen-bond donors (Lipinski definition) is 2. The van der Waals surface area contributed by atoms with Gasteiger partial charge in [0.25, 0.3) is 0 Å². The lowest BCUT2D eigenvalue weighted by atomic mass is 10.2. The summed E-state index contributed by atoms with van der Waals surface area (Å²) in [6.07, 6.45) is 11.8. The highest BCUT2D eigenvalue weighted by Crippen LogP contribution is 2.19. The zero-order valence-corrected chi connectivity index (χ0v) is 23.8. The SMILES string of the molecule is CCN(CCN=C1/N=C(/Nc2cccc(OCC3=CCC=CC=C3)c2)CC#CC(N(C)C)N1)Cc1ccccc1. The number of anilines is 1. The van der Waals surface area contributed by atoms with Gasteiger partial charge in [0, 0.05) is 24.8 Å². The molecule has 2 N–H and O–H groups in total. The Balaban J connectivity index is 1.42. The van der Waals surface area contributed by atoms with Gasteiger partial charge >= 0.3 is 0 Å². The highest BCUT2D eigenvalue weighted by Gasteiger charge is 2.14. The Morgan fingerprint density at radius 2 is 2.00 bits per heavy atom. The van der Waals surface area contributed by atoms with Crippen molar-refractivity contribution in [3.05, 3.63) is 96.1 Å². The maximum absolute atomic E-state index is 6.06. The summed E-state index contributed by atoms with van der Waals surface area (Å²) in [7, 11) is 3.99. The fraction of sp³-hybridized carbons (Fsp3) is 0.333. The second-order valence-electron chi connectivity index (χ2n) is 9.87. The third-order valence-corrected chi connectivity index (χ3v) is 6.49. The van der Waals surface area contributed by atoms with Crippen LogP contribution >= 0.6 is 0 Å². The Morgan fingerprint density at radius 3 is 2.83 bits per heavy atom. The molecule has 2 aliphatic rings. The van der Waals surface area contributed by atoms with Crippen LogP contribution in [0.5, 0.6) is 5.75 Å². The first kappa shape index (κ1) is 28.9. The number of allylic oxidation sites excluding steroid dienone is 4. The quantitative estimate of drug-likeness (QED) is 0.392. The van der Waals surface area contributed by atoms with Gasteiger partial charge < -0.3 is 15.4 Å². The minimum atomic E-state index is -0.157. The summed E-state index contributed by atoms with van der Waals surface area (Å²) in [5.74, 6) is 8.66. The van der Waals surface area contributed by atoms with Gasteiger partial charge in [0.15, 0.2) is 0 Å². The highest BCUT2D eigenvalue weighted by molar-refractivity contribution is 6.04. The van der Waals surface area contributed by atoms with E-state index in [1.807, 2.05) is 49.3 Å². The van der Waals surface area contributed by atoms with Crippen molar-refractivity contribution in [1.29, 1.82) is 0 Å². The maximum Gasteiger partial charge on any atom is 0.221 e. The first-order valence-electron chi connectivity index (χ1n) is 13.9. The van der Waals surface area contributed by atoms with Gasteiger partial charge in [-0.25, -0.2) is 4.99 Å². The molecule has 0 saturated carbocycles. The summed E-state index contributed by atoms with van der Waals surface area (Å²) in [5.41, 5.74) is 3.37. The number of hydrogen-bond acceptors (Lipinski definition) is 5. The van der Waals surface area contributed by atoms with Gasteiger partial charge in [-0.15, -0.1) is 0 Å².